The molecule has 1 aromatic carbocycles. The molecule has 1 saturated carbocycles. The van der Waals surface area contributed by atoms with E-state index in [-0.39, 0.29) is 5.78 Å². The second-order valence-corrected chi connectivity index (χ2v) is 4.43. The third-order valence-electron chi connectivity index (χ3n) is 3.00. The lowest BCUT2D eigenvalue weighted by atomic mass is 10.0. The maximum Gasteiger partial charge on any atom is 0.182 e. The smallest absolute Gasteiger partial charge is 0.182 e. The van der Waals surface area contributed by atoms with Gasteiger partial charge in [0, 0.05) is 5.56 Å². The Hall–Kier alpha value is -1.15. The van der Waals surface area contributed by atoms with Crippen LogP contribution in [-0.2, 0) is 6.42 Å². The van der Waals surface area contributed by atoms with E-state index in [9.17, 15) is 4.79 Å². The highest BCUT2D eigenvalue weighted by molar-refractivity contribution is 6.05. The van der Waals surface area contributed by atoms with E-state index in [1.165, 1.54) is 5.56 Å². The lowest BCUT2D eigenvalue weighted by Crippen LogP contribution is -2.32. The topological polar surface area (TPSA) is 43.1 Å². The van der Waals surface area contributed by atoms with Gasteiger partial charge in [-0.25, -0.2) is 0 Å². The van der Waals surface area contributed by atoms with Crippen LogP contribution < -0.4 is 5.73 Å². The molecule has 1 aromatic rings. The minimum absolute atomic E-state index is 0.102. The van der Waals surface area contributed by atoms with Crippen LogP contribution in [0.2, 0.25) is 0 Å². The molecule has 0 aromatic heterocycles. The molecule has 0 aliphatic heterocycles. The van der Waals surface area contributed by atoms with Crippen molar-refractivity contribution in [2.45, 2.75) is 38.1 Å². The van der Waals surface area contributed by atoms with E-state index in [0.717, 1.165) is 31.2 Å². The van der Waals surface area contributed by atoms with Crippen LogP contribution in [-0.4, -0.2) is 11.3 Å². The number of rotatable bonds is 4. The maximum atomic E-state index is 11.9. The van der Waals surface area contributed by atoms with Gasteiger partial charge >= 0.3 is 0 Å². The van der Waals surface area contributed by atoms with E-state index < -0.39 is 5.54 Å². The zero-order chi connectivity index (χ0) is 10.9. The van der Waals surface area contributed by atoms with Crippen LogP contribution in [0.25, 0.3) is 0 Å². The highest BCUT2D eigenvalue weighted by Crippen LogP contribution is 2.35. The lowest BCUT2D eigenvalue weighted by Gasteiger charge is -2.07. The highest BCUT2D eigenvalue weighted by Gasteiger charge is 2.45. The fourth-order valence-electron chi connectivity index (χ4n) is 1.76. The summed E-state index contributed by atoms with van der Waals surface area (Å²) in [5.74, 6) is 0.102. The minimum Gasteiger partial charge on any atom is -0.319 e. The van der Waals surface area contributed by atoms with E-state index >= 15 is 0 Å². The third kappa shape index (κ3) is 2.10. The molecule has 0 unspecified atom stereocenters. The summed E-state index contributed by atoms with van der Waals surface area (Å²) in [6, 6.07) is 7.87. The second-order valence-electron chi connectivity index (χ2n) is 4.43. The van der Waals surface area contributed by atoms with Gasteiger partial charge in [0.15, 0.2) is 5.78 Å². The summed E-state index contributed by atoms with van der Waals surface area (Å²) in [6.07, 6.45) is 3.88. The van der Waals surface area contributed by atoms with Crippen molar-refractivity contribution in [2.24, 2.45) is 5.73 Å². The fraction of sp³-hybridized carbons (Fsp3) is 0.462. The average molecular weight is 203 g/mol. The predicted octanol–water partition coefficient (Wildman–Crippen LogP) is 2.31. The zero-order valence-corrected chi connectivity index (χ0v) is 9.12. The van der Waals surface area contributed by atoms with E-state index in [0.29, 0.717) is 0 Å². The molecule has 1 fully saturated rings. The Bertz CT molecular complexity index is 363. The lowest BCUT2D eigenvalue weighted by molar-refractivity contribution is 0.0949. The van der Waals surface area contributed by atoms with Crippen LogP contribution in [0.5, 0.6) is 0 Å². The Morgan fingerprint density at radius 3 is 2.40 bits per heavy atom. The zero-order valence-electron chi connectivity index (χ0n) is 9.12. The van der Waals surface area contributed by atoms with Gasteiger partial charge in [-0.1, -0.05) is 37.6 Å². The van der Waals surface area contributed by atoms with Gasteiger partial charge in [0.2, 0.25) is 0 Å². The number of Topliss-reactive ketones (excluding diaryl/α,β-unsaturated/α-hetero) is 1. The van der Waals surface area contributed by atoms with Crippen LogP contribution in [0.15, 0.2) is 24.3 Å². The van der Waals surface area contributed by atoms with Crippen molar-refractivity contribution in [3.63, 3.8) is 0 Å². The number of carbonyl (C=O) groups is 1. The quantitative estimate of drug-likeness (QED) is 0.763. The first-order chi connectivity index (χ1) is 7.15. The molecule has 0 heterocycles. The van der Waals surface area contributed by atoms with Crippen molar-refractivity contribution in [3.05, 3.63) is 35.4 Å². The van der Waals surface area contributed by atoms with E-state index in [2.05, 4.69) is 6.92 Å². The van der Waals surface area contributed by atoms with E-state index in [4.69, 9.17) is 5.73 Å². The summed E-state index contributed by atoms with van der Waals surface area (Å²) in [4.78, 5) is 11.9. The Morgan fingerprint density at radius 1 is 1.33 bits per heavy atom. The van der Waals surface area contributed by atoms with Gasteiger partial charge in [0.05, 0.1) is 5.54 Å². The number of nitrogens with two attached hydrogens (primary N) is 1. The molecule has 0 radical (unpaired) electrons. The Morgan fingerprint density at radius 2 is 1.93 bits per heavy atom. The summed E-state index contributed by atoms with van der Waals surface area (Å²) < 4.78 is 0. The number of ketones is 1. The number of hydrogen-bond donors (Lipinski definition) is 1. The maximum absolute atomic E-state index is 11.9. The van der Waals surface area contributed by atoms with Gasteiger partial charge < -0.3 is 5.73 Å². The van der Waals surface area contributed by atoms with Gasteiger partial charge in [0.25, 0.3) is 0 Å². The molecule has 1 aliphatic carbocycles. The van der Waals surface area contributed by atoms with Gasteiger partial charge in [-0.05, 0) is 24.8 Å². The van der Waals surface area contributed by atoms with Crippen molar-refractivity contribution < 1.29 is 4.79 Å². The Balaban J connectivity index is 2.13. The number of aryl methyl sites for hydroxylation is 1. The van der Waals surface area contributed by atoms with Crippen molar-refractivity contribution in [2.75, 3.05) is 0 Å². The molecule has 2 rings (SSSR count). The molecule has 0 amide bonds. The average Bonchev–Trinajstić information content (AvgIpc) is 2.99. The van der Waals surface area contributed by atoms with Crippen molar-refractivity contribution >= 4 is 5.78 Å². The molecule has 1 aliphatic rings. The van der Waals surface area contributed by atoms with Crippen molar-refractivity contribution in [1.29, 1.82) is 0 Å². The van der Waals surface area contributed by atoms with E-state index in [1.807, 2.05) is 24.3 Å². The molecule has 2 N–H and O–H groups in total. The summed E-state index contributed by atoms with van der Waals surface area (Å²) in [6.45, 7) is 2.15. The minimum atomic E-state index is -0.535. The summed E-state index contributed by atoms with van der Waals surface area (Å²) >= 11 is 0. The van der Waals surface area contributed by atoms with Gasteiger partial charge in [-0.15, -0.1) is 0 Å². The molecule has 0 bridgehead atoms. The fourth-order valence-corrected chi connectivity index (χ4v) is 1.76. The molecular weight excluding hydrogens is 186 g/mol. The van der Waals surface area contributed by atoms with Crippen LogP contribution in [0, 0.1) is 0 Å². The van der Waals surface area contributed by atoms with Crippen LogP contribution in [0.3, 0.4) is 0 Å². The molecule has 0 spiro atoms. The number of benzene rings is 1. The SMILES string of the molecule is CCCc1ccc(C(=O)C2(N)CC2)cc1. The van der Waals surface area contributed by atoms with Gasteiger partial charge in [-0.2, -0.15) is 0 Å². The molecular formula is C13H17NO. The summed E-state index contributed by atoms with van der Waals surface area (Å²) in [5, 5.41) is 0. The second kappa shape index (κ2) is 3.78. The molecule has 80 valence electrons. The first-order valence-electron chi connectivity index (χ1n) is 5.58. The molecule has 15 heavy (non-hydrogen) atoms. The summed E-state index contributed by atoms with van der Waals surface area (Å²) in [7, 11) is 0. The van der Waals surface area contributed by atoms with Crippen LogP contribution in [0.1, 0.15) is 42.1 Å². The monoisotopic (exact) mass is 203 g/mol. The van der Waals surface area contributed by atoms with Crippen LogP contribution in [0.4, 0.5) is 0 Å². The predicted molar refractivity (Wildman–Crippen MR) is 60.9 cm³/mol. The molecule has 2 nitrogen and oxygen atoms in total. The first-order valence-corrected chi connectivity index (χ1v) is 5.58. The normalized spacial score (nSPS) is 17.5. The first kappa shape index (κ1) is 10.4. The third-order valence-corrected chi connectivity index (χ3v) is 3.00. The molecule has 2 heteroatoms. The molecule has 0 saturated heterocycles. The van der Waals surface area contributed by atoms with E-state index in [1.54, 1.807) is 0 Å². The largest absolute Gasteiger partial charge is 0.319 e. The van der Waals surface area contributed by atoms with Crippen molar-refractivity contribution in [3.8, 4) is 0 Å². The Labute approximate surface area is 90.5 Å². The highest BCUT2D eigenvalue weighted by atomic mass is 16.1. The standard InChI is InChI=1S/C13H17NO/c1-2-3-10-4-6-11(7-5-10)12(15)13(14)8-9-13/h4-7H,2-3,8-9,14H2,1H3. The number of carbonyl (C=O) groups excluding carboxylic acids is 1. The van der Waals surface area contributed by atoms with Gasteiger partial charge in [0.1, 0.15) is 0 Å². The van der Waals surface area contributed by atoms with Crippen LogP contribution >= 0.6 is 0 Å². The van der Waals surface area contributed by atoms with Gasteiger partial charge in [-0.3, -0.25) is 4.79 Å². The summed E-state index contributed by atoms with van der Waals surface area (Å²) in [5.41, 5.74) is 7.38. The Kier molecular flexibility index (Phi) is 2.61. The van der Waals surface area contributed by atoms with Crippen molar-refractivity contribution in [1.82, 2.24) is 0 Å². The number of hydrogen-bond acceptors (Lipinski definition) is 2. The molecule has 0 atom stereocenters.